The molecule has 1 saturated carbocycles. The average Bonchev–Trinajstić information content (AvgIpc) is 2.96. The molecule has 1 saturated heterocycles. The molecule has 1 aromatic rings. The zero-order chi connectivity index (χ0) is 26.7. The lowest BCUT2D eigenvalue weighted by Gasteiger charge is -2.38. The molecule has 212 valence electrons. The van der Waals surface area contributed by atoms with Gasteiger partial charge in [-0.05, 0) is 118 Å². The van der Waals surface area contributed by atoms with E-state index in [1.807, 2.05) is 12.1 Å². The van der Waals surface area contributed by atoms with Crippen LogP contribution < -0.4 is 0 Å². The molecule has 1 aromatic carbocycles. The largest absolute Gasteiger partial charge is 0.378 e. The third-order valence-corrected chi connectivity index (χ3v) is 9.91. The van der Waals surface area contributed by atoms with Gasteiger partial charge in [0.2, 0.25) is 0 Å². The summed E-state index contributed by atoms with van der Waals surface area (Å²) in [7, 11) is 0. The van der Waals surface area contributed by atoms with Crippen molar-refractivity contribution < 1.29 is 13.5 Å². The van der Waals surface area contributed by atoms with E-state index in [9.17, 15) is 8.78 Å². The van der Waals surface area contributed by atoms with Crippen LogP contribution in [0.15, 0.2) is 30.9 Å². The van der Waals surface area contributed by atoms with Gasteiger partial charge in [0, 0.05) is 12.2 Å². The molecule has 3 heteroatoms. The summed E-state index contributed by atoms with van der Waals surface area (Å²) in [6.07, 6.45) is 25.5. The second-order valence-corrected chi connectivity index (χ2v) is 12.6. The molecule has 1 heterocycles. The van der Waals surface area contributed by atoms with Crippen LogP contribution in [0, 0.1) is 35.3 Å². The predicted octanol–water partition coefficient (Wildman–Crippen LogP) is 10.6. The Labute approximate surface area is 231 Å². The van der Waals surface area contributed by atoms with E-state index in [4.69, 9.17) is 4.74 Å². The molecular formula is C35H52F2O. The maximum Gasteiger partial charge on any atom is 0.166 e. The third-order valence-electron chi connectivity index (χ3n) is 9.91. The van der Waals surface area contributed by atoms with Crippen molar-refractivity contribution in [2.45, 2.75) is 129 Å². The lowest BCUT2D eigenvalue weighted by Crippen LogP contribution is -2.34. The molecule has 0 bridgehead atoms. The number of aryl methyl sites for hydroxylation is 1. The van der Waals surface area contributed by atoms with Gasteiger partial charge in [0.15, 0.2) is 11.6 Å². The van der Waals surface area contributed by atoms with Crippen LogP contribution in [-0.2, 0) is 11.2 Å². The Hall–Kier alpha value is -1.48. The maximum absolute atomic E-state index is 14.9. The summed E-state index contributed by atoms with van der Waals surface area (Å²) < 4.78 is 36.1. The Bertz CT molecular complexity index is 889. The van der Waals surface area contributed by atoms with Gasteiger partial charge < -0.3 is 4.74 Å². The van der Waals surface area contributed by atoms with Gasteiger partial charge in [-0.15, -0.1) is 6.58 Å². The Morgan fingerprint density at radius 3 is 2.34 bits per heavy atom. The second-order valence-electron chi connectivity index (χ2n) is 12.6. The topological polar surface area (TPSA) is 9.23 Å². The highest BCUT2D eigenvalue weighted by atomic mass is 19.2. The summed E-state index contributed by atoms with van der Waals surface area (Å²) >= 11 is 0. The van der Waals surface area contributed by atoms with Gasteiger partial charge >= 0.3 is 0 Å². The van der Waals surface area contributed by atoms with Gasteiger partial charge in [-0.1, -0.05) is 63.3 Å². The highest BCUT2D eigenvalue weighted by Crippen LogP contribution is 2.39. The van der Waals surface area contributed by atoms with E-state index in [1.54, 1.807) is 0 Å². The van der Waals surface area contributed by atoms with Crippen molar-refractivity contribution in [1.29, 1.82) is 0 Å². The van der Waals surface area contributed by atoms with Crippen LogP contribution >= 0.6 is 0 Å². The number of unbranched alkanes of at least 4 members (excludes halogenated alkanes) is 3. The standard InChI is InChI=1S/C35H52F2O/c1-3-5-7-8-10-31-22-23-32(35(37)34(31)36)29-18-13-27(14-19-29)11-12-28-17-24-33(38-25-28)30-20-15-26(16-21-30)9-6-4-2/h4,18,22-23,26-28,30,33H,2-3,5-17,19-21,24-25H2,1H3. The van der Waals surface area contributed by atoms with Gasteiger partial charge in [0.1, 0.15) is 0 Å². The van der Waals surface area contributed by atoms with Crippen molar-refractivity contribution >= 4 is 5.57 Å². The Kier molecular flexibility index (Phi) is 11.9. The normalized spacial score (nSPS) is 28.2. The van der Waals surface area contributed by atoms with E-state index in [1.165, 1.54) is 57.8 Å². The van der Waals surface area contributed by atoms with E-state index in [0.717, 1.165) is 75.4 Å². The van der Waals surface area contributed by atoms with E-state index >= 15 is 0 Å². The minimum absolute atomic E-state index is 0.486. The zero-order valence-corrected chi connectivity index (χ0v) is 24.0. The van der Waals surface area contributed by atoms with Crippen molar-refractivity contribution in [3.8, 4) is 0 Å². The minimum atomic E-state index is -0.637. The van der Waals surface area contributed by atoms with Crippen molar-refractivity contribution in [3.05, 3.63) is 53.6 Å². The number of benzene rings is 1. The molecule has 2 fully saturated rings. The van der Waals surface area contributed by atoms with E-state index < -0.39 is 11.6 Å². The van der Waals surface area contributed by atoms with Crippen LogP contribution in [0.25, 0.3) is 5.57 Å². The molecule has 3 unspecified atom stereocenters. The molecule has 0 radical (unpaired) electrons. The molecule has 1 aliphatic heterocycles. The average molecular weight is 527 g/mol. The first-order chi connectivity index (χ1) is 18.6. The van der Waals surface area contributed by atoms with Crippen LogP contribution in [0.1, 0.15) is 127 Å². The van der Waals surface area contributed by atoms with Crippen molar-refractivity contribution in [3.63, 3.8) is 0 Å². The molecule has 3 atom stereocenters. The van der Waals surface area contributed by atoms with Gasteiger partial charge in [-0.2, -0.15) is 0 Å². The third kappa shape index (κ3) is 8.26. The summed E-state index contributed by atoms with van der Waals surface area (Å²) in [4.78, 5) is 0. The quantitative estimate of drug-likeness (QED) is 0.183. The summed E-state index contributed by atoms with van der Waals surface area (Å²) in [6, 6.07) is 3.64. The van der Waals surface area contributed by atoms with Gasteiger partial charge in [0.25, 0.3) is 0 Å². The second kappa shape index (κ2) is 15.3. The number of hydrogen-bond acceptors (Lipinski definition) is 1. The lowest BCUT2D eigenvalue weighted by atomic mass is 9.75. The molecule has 3 aliphatic rings. The summed E-state index contributed by atoms with van der Waals surface area (Å²) in [6.45, 7) is 6.97. The van der Waals surface area contributed by atoms with Crippen LogP contribution in [0.5, 0.6) is 0 Å². The molecule has 0 aromatic heterocycles. The maximum atomic E-state index is 14.9. The summed E-state index contributed by atoms with van der Waals surface area (Å²) in [5, 5.41) is 0. The van der Waals surface area contributed by atoms with Crippen LogP contribution in [0.3, 0.4) is 0 Å². The molecule has 1 nitrogen and oxygen atoms in total. The SMILES string of the molecule is C=CCCC1CCC(C2CCC(CCC3CC=C(c4ccc(CCCCCC)c(F)c4F)CC3)CO2)CC1. The fraction of sp³-hybridized carbons (Fsp3) is 0.714. The summed E-state index contributed by atoms with van der Waals surface area (Å²) in [5.41, 5.74) is 2.02. The van der Waals surface area contributed by atoms with E-state index in [0.29, 0.717) is 35.5 Å². The van der Waals surface area contributed by atoms with Crippen molar-refractivity contribution in [2.24, 2.45) is 23.7 Å². The smallest absolute Gasteiger partial charge is 0.166 e. The fourth-order valence-electron chi connectivity index (χ4n) is 7.27. The van der Waals surface area contributed by atoms with E-state index in [-0.39, 0.29) is 0 Å². The number of rotatable bonds is 13. The van der Waals surface area contributed by atoms with Crippen LogP contribution in [-0.4, -0.2) is 12.7 Å². The molecule has 2 aliphatic carbocycles. The van der Waals surface area contributed by atoms with Crippen molar-refractivity contribution in [2.75, 3.05) is 6.61 Å². The Morgan fingerprint density at radius 1 is 0.868 bits per heavy atom. The minimum Gasteiger partial charge on any atom is -0.378 e. The molecule has 4 rings (SSSR count). The number of hydrogen-bond donors (Lipinski definition) is 0. The first-order valence-electron chi connectivity index (χ1n) is 16.0. The molecule has 0 N–H and O–H groups in total. The molecule has 38 heavy (non-hydrogen) atoms. The summed E-state index contributed by atoms with van der Waals surface area (Å²) in [5.74, 6) is 1.77. The molecular weight excluding hydrogens is 474 g/mol. The lowest BCUT2D eigenvalue weighted by molar-refractivity contribution is -0.0604. The van der Waals surface area contributed by atoms with E-state index in [2.05, 4.69) is 25.7 Å². The van der Waals surface area contributed by atoms with Crippen LogP contribution in [0.4, 0.5) is 8.78 Å². The highest BCUT2D eigenvalue weighted by molar-refractivity contribution is 5.67. The van der Waals surface area contributed by atoms with Gasteiger partial charge in [-0.25, -0.2) is 8.78 Å². The zero-order valence-electron chi connectivity index (χ0n) is 24.0. The highest BCUT2D eigenvalue weighted by Gasteiger charge is 2.32. The monoisotopic (exact) mass is 526 g/mol. The molecule has 0 amide bonds. The van der Waals surface area contributed by atoms with Gasteiger partial charge in [0.05, 0.1) is 6.10 Å². The number of halogens is 2. The van der Waals surface area contributed by atoms with Crippen molar-refractivity contribution in [1.82, 2.24) is 0 Å². The molecule has 0 spiro atoms. The number of allylic oxidation sites excluding steroid dienone is 3. The number of ether oxygens (including phenoxy) is 1. The fourth-order valence-corrected chi connectivity index (χ4v) is 7.27. The van der Waals surface area contributed by atoms with Gasteiger partial charge in [-0.3, -0.25) is 0 Å². The first-order valence-corrected chi connectivity index (χ1v) is 16.0. The predicted molar refractivity (Wildman–Crippen MR) is 156 cm³/mol. The Morgan fingerprint density at radius 2 is 1.66 bits per heavy atom. The van der Waals surface area contributed by atoms with Crippen LogP contribution in [0.2, 0.25) is 0 Å². The first kappa shape index (κ1) is 29.5. The Balaban J connectivity index is 1.16.